The van der Waals surface area contributed by atoms with Crippen molar-refractivity contribution < 1.29 is 27.4 Å². The van der Waals surface area contributed by atoms with E-state index in [0.717, 1.165) is 16.9 Å². The van der Waals surface area contributed by atoms with E-state index in [1.807, 2.05) is 32.0 Å². The van der Waals surface area contributed by atoms with Gasteiger partial charge in [0, 0.05) is 37.2 Å². The summed E-state index contributed by atoms with van der Waals surface area (Å²) in [6.07, 6.45) is -3.42. The van der Waals surface area contributed by atoms with E-state index in [9.17, 15) is 13.2 Å². The van der Waals surface area contributed by atoms with Crippen molar-refractivity contribution in [3.63, 3.8) is 0 Å². The SMILES string of the molecule is CC1COc2cc(O[C@@H]3CCc4c3ccc(C(F)(F)F)c4CN3CCOC(C)(C)C3)ccc21. The second kappa shape index (κ2) is 8.20. The largest absolute Gasteiger partial charge is 0.493 e. The zero-order valence-electron chi connectivity index (χ0n) is 19.3. The van der Waals surface area contributed by atoms with Crippen molar-refractivity contribution in [2.75, 3.05) is 26.3 Å². The molecular weight excluding hydrogens is 431 g/mol. The topological polar surface area (TPSA) is 30.9 Å². The molecule has 0 radical (unpaired) electrons. The molecule has 2 heterocycles. The smallest absolute Gasteiger partial charge is 0.416 e. The Labute approximate surface area is 192 Å². The zero-order valence-corrected chi connectivity index (χ0v) is 19.3. The number of rotatable bonds is 4. The van der Waals surface area contributed by atoms with E-state index >= 15 is 0 Å². The number of benzene rings is 2. The summed E-state index contributed by atoms with van der Waals surface area (Å²) in [5, 5.41) is 0. The zero-order chi connectivity index (χ0) is 23.4. The van der Waals surface area contributed by atoms with Crippen molar-refractivity contribution >= 4 is 0 Å². The van der Waals surface area contributed by atoms with Crippen LogP contribution in [0.4, 0.5) is 13.2 Å². The van der Waals surface area contributed by atoms with E-state index in [1.54, 1.807) is 6.07 Å². The quantitative estimate of drug-likeness (QED) is 0.569. The molecule has 2 aliphatic heterocycles. The molecule has 1 aliphatic carbocycles. The monoisotopic (exact) mass is 461 g/mol. The number of hydrogen-bond acceptors (Lipinski definition) is 4. The third-order valence-corrected chi connectivity index (χ3v) is 6.95. The Balaban J connectivity index is 1.43. The fourth-order valence-electron chi connectivity index (χ4n) is 5.37. The Morgan fingerprint density at radius 2 is 1.94 bits per heavy atom. The average molecular weight is 462 g/mol. The first-order chi connectivity index (χ1) is 15.6. The first-order valence-electron chi connectivity index (χ1n) is 11.6. The fourth-order valence-corrected chi connectivity index (χ4v) is 5.37. The number of fused-ring (bicyclic) bond motifs is 2. The summed E-state index contributed by atoms with van der Waals surface area (Å²) in [5.41, 5.74) is 2.29. The number of nitrogens with zero attached hydrogens (tertiary/aromatic N) is 1. The maximum atomic E-state index is 13.9. The summed E-state index contributed by atoms with van der Waals surface area (Å²) < 4.78 is 59.6. The van der Waals surface area contributed by atoms with Gasteiger partial charge in [0.05, 0.1) is 24.4 Å². The highest BCUT2D eigenvalue weighted by atomic mass is 19.4. The van der Waals surface area contributed by atoms with Gasteiger partial charge in [0.25, 0.3) is 0 Å². The molecule has 4 nitrogen and oxygen atoms in total. The molecule has 0 bridgehead atoms. The molecule has 5 rings (SSSR count). The first kappa shape index (κ1) is 22.5. The molecular formula is C26H30F3NO3. The van der Waals surface area contributed by atoms with Gasteiger partial charge in [-0.2, -0.15) is 13.2 Å². The van der Waals surface area contributed by atoms with Crippen molar-refractivity contribution in [2.45, 2.75) is 64.0 Å². The van der Waals surface area contributed by atoms with E-state index in [0.29, 0.717) is 56.4 Å². The average Bonchev–Trinajstić information content (AvgIpc) is 3.30. The Bertz CT molecular complexity index is 1050. The Morgan fingerprint density at radius 3 is 2.70 bits per heavy atom. The molecule has 178 valence electrons. The van der Waals surface area contributed by atoms with E-state index in [4.69, 9.17) is 14.2 Å². The summed E-state index contributed by atoms with van der Waals surface area (Å²) in [4.78, 5) is 2.07. The number of morpholine rings is 1. The molecule has 1 fully saturated rings. The van der Waals surface area contributed by atoms with Gasteiger partial charge < -0.3 is 14.2 Å². The summed E-state index contributed by atoms with van der Waals surface area (Å²) in [6.45, 7) is 8.74. The van der Waals surface area contributed by atoms with E-state index in [2.05, 4.69) is 11.8 Å². The predicted octanol–water partition coefficient (Wildman–Crippen LogP) is 5.88. The van der Waals surface area contributed by atoms with Crippen molar-refractivity contribution in [2.24, 2.45) is 0 Å². The van der Waals surface area contributed by atoms with Crippen LogP contribution in [0.5, 0.6) is 11.5 Å². The molecule has 7 heteroatoms. The molecule has 1 saturated heterocycles. The minimum Gasteiger partial charge on any atom is -0.493 e. The number of ether oxygens (including phenoxy) is 3. The van der Waals surface area contributed by atoms with Crippen molar-refractivity contribution in [1.82, 2.24) is 4.90 Å². The highest BCUT2D eigenvalue weighted by Gasteiger charge is 2.39. The van der Waals surface area contributed by atoms with Gasteiger partial charge in [-0.15, -0.1) is 0 Å². The fraction of sp³-hybridized carbons (Fsp3) is 0.538. The number of halogens is 3. The molecule has 2 aromatic carbocycles. The van der Waals surface area contributed by atoms with E-state index < -0.39 is 11.7 Å². The third-order valence-electron chi connectivity index (χ3n) is 6.95. The first-order valence-corrected chi connectivity index (χ1v) is 11.6. The van der Waals surface area contributed by atoms with Gasteiger partial charge in [0.1, 0.15) is 17.6 Å². The lowest BCUT2D eigenvalue weighted by Gasteiger charge is -2.38. The predicted molar refractivity (Wildman–Crippen MR) is 119 cm³/mol. The van der Waals surface area contributed by atoms with Crippen LogP contribution >= 0.6 is 0 Å². The molecule has 2 aromatic rings. The highest BCUT2D eigenvalue weighted by Crippen LogP contribution is 2.44. The van der Waals surface area contributed by atoms with Gasteiger partial charge in [-0.1, -0.05) is 19.1 Å². The molecule has 0 saturated carbocycles. The van der Waals surface area contributed by atoms with Crippen LogP contribution in [0.1, 0.15) is 67.0 Å². The van der Waals surface area contributed by atoms with Crippen LogP contribution < -0.4 is 9.47 Å². The molecule has 3 aliphatic rings. The van der Waals surface area contributed by atoms with Gasteiger partial charge in [-0.05, 0) is 55.5 Å². The van der Waals surface area contributed by atoms with Crippen molar-refractivity contribution in [1.29, 1.82) is 0 Å². The molecule has 0 spiro atoms. The standard InChI is InChI=1S/C26H30F3NO3/c1-16-14-31-24-12-17(4-5-18(16)24)33-23-9-7-19-20(23)6-8-22(26(27,28)29)21(19)13-30-10-11-32-25(2,3)15-30/h4-6,8,12,16,23H,7,9-11,13-15H2,1-3H3/t16?,23-/m1/s1. The van der Waals surface area contributed by atoms with Gasteiger partial charge in [-0.3, -0.25) is 4.90 Å². The van der Waals surface area contributed by atoms with Crippen LogP contribution in [-0.2, 0) is 23.9 Å². The minimum absolute atomic E-state index is 0.265. The second-order valence-corrected chi connectivity index (χ2v) is 10.0. The molecule has 0 amide bonds. The third kappa shape index (κ3) is 4.45. The Hall–Kier alpha value is -2.25. The van der Waals surface area contributed by atoms with Crippen molar-refractivity contribution in [3.05, 3.63) is 58.1 Å². The molecule has 2 atom stereocenters. The summed E-state index contributed by atoms with van der Waals surface area (Å²) in [7, 11) is 0. The van der Waals surface area contributed by atoms with Crippen LogP contribution in [0.15, 0.2) is 30.3 Å². The van der Waals surface area contributed by atoms with Crippen LogP contribution in [0.3, 0.4) is 0 Å². The Kier molecular flexibility index (Phi) is 5.60. The van der Waals surface area contributed by atoms with Crippen LogP contribution in [0.25, 0.3) is 0 Å². The van der Waals surface area contributed by atoms with Gasteiger partial charge in [0.2, 0.25) is 0 Å². The molecule has 1 unspecified atom stereocenters. The Morgan fingerprint density at radius 1 is 1.15 bits per heavy atom. The second-order valence-electron chi connectivity index (χ2n) is 10.0. The molecule has 0 aromatic heterocycles. The van der Waals surface area contributed by atoms with Gasteiger partial charge in [-0.25, -0.2) is 0 Å². The lowest BCUT2D eigenvalue weighted by atomic mass is 9.95. The number of hydrogen-bond donors (Lipinski definition) is 0. The molecule has 0 N–H and O–H groups in total. The van der Waals surface area contributed by atoms with E-state index in [-0.39, 0.29) is 18.2 Å². The van der Waals surface area contributed by atoms with Crippen LogP contribution in [-0.4, -0.2) is 36.8 Å². The summed E-state index contributed by atoms with van der Waals surface area (Å²) >= 11 is 0. The maximum absolute atomic E-state index is 13.9. The highest BCUT2D eigenvalue weighted by molar-refractivity contribution is 5.48. The summed E-state index contributed by atoms with van der Waals surface area (Å²) in [5.74, 6) is 1.88. The lowest BCUT2D eigenvalue weighted by Crippen LogP contribution is -2.48. The van der Waals surface area contributed by atoms with Gasteiger partial charge in [0.15, 0.2) is 0 Å². The minimum atomic E-state index is -4.39. The molecule has 33 heavy (non-hydrogen) atoms. The van der Waals surface area contributed by atoms with E-state index in [1.165, 1.54) is 11.6 Å². The maximum Gasteiger partial charge on any atom is 0.416 e. The number of alkyl halides is 3. The van der Waals surface area contributed by atoms with Crippen LogP contribution in [0, 0.1) is 0 Å². The van der Waals surface area contributed by atoms with Crippen LogP contribution in [0.2, 0.25) is 0 Å². The normalized spacial score (nSPS) is 24.3. The lowest BCUT2D eigenvalue weighted by molar-refractivity contribution is -0.139. The van der Waals surface area contributed by atoms with Crippen molar-refractivity contribution in [3.8, 4) is 11.5 Å². The summed E-state index contributed by atoms with van der Waals surface area (Å²) in [6, 6.07) is 8.69. The van der Waals surface area contributed by atoms with Gasteiger partial charge >= 0.3 is 6.18 Å².